The van der Waals surface area contributed by atoms with Crippen LogP contribution in [-0.4, -0.2) is 34.9 Å². The quantitative estimate of drug-likeness (QED) is 0.165. The van der Waals surface area contributed by atoms with Crippen LogP contribution in [0.4, 0.5) is 0 Å². The highest BCUT2D eigenvalue weighted by Gasteiger charge is 2.31. The maximum Gasteiger partial charge on any atom is 0.266 e. The number of rotatable bonds is 11. The fraction of sp³-hybridized carbons (Fsp3) is 0.308. The molecule has 1 amide bonds. The van der Waals surface area contributed by atoms with Crippen LogP contribution in [-0.2, 0) is 4.79 Å². The molecule has 4 nitrogen and oxygen atoms in total. The van der Waals surface area contributed by atoms with E-state index in [0.717, 1.165) is 29.9 Å². The van der Waals surface area contributed by atoms with Crippen molar-refractivity contribution in [1.29, 1.82) is 0 Å². The highest BCUT2D eigenvalue weighted by Crippen LogP contribution is 2.34. The fourth-order valence-electron chi connectivity index (χ4n) is 3.22. The van der Waals surface area contributed by atoms with Gasteiger partial charge in [-0.25, -0.2) is 0 Å². The Hall–Kier alpha value is -2.57. The van der Waals surface area contributed by atoms with Crippen LogP contribution in [0.15, 0.2) is 66.1 Å². The minimum absolute atomic E-state index is 0.0950. The minimum atomic E-state index is -0.0950. The first kappa shape index (κ1) is 24.1. The van der Waals surface area contributed by atoms with Crippen LogP contribution in [0, 0.1) is 0 Å². The number of para-hydroxylation sites is 1. The number of hydrogen-bond acceptors (Lipinski definition) is 5. The van der Waals surface area contributed by atoms with Crippen molar-refractivity contribution in [3.63, 3.8) is 0 Å². The molecular formula is C26H29NO3S2. The molecule has 6 heteroatoms. The topological polar surface area (TPSA) is 38.8 Å². The molecule has 0 N–H and O–H groups in total. The van der Waals surface area contributed by atoms with E-state index in [1.165, 1.54) is 17.3 Å². The number of amides is 1. The Labute approximate surface area is 200 Å². The van der Waals surface area contributed by atoms with Crippen molar-refractivity contribution in [3.05, 3.63) is 77.2 Å². The predicted molar refractivity (Wildman–Crippen MR) is 137 cm³/mol. The van der Waals surface area contributed by atoms with E-state index < -0.39 is 0 Å². The monoisotopic (exact) mass is 467 g/mol. The van der Waals surface area contributed by atoms with E-state index in [0.29, 0.717) is 34.9 Å². The van der Waals surface area contributed by atoms with Crippen LogP contribution in [0.2, 0.25) is 0 Å². The largest absolute Gasteiger partial charge is 0.493 e. The van der Waals surface area contributed by atoms with E-state index in [1.54, 1.807) is 11.0 Å². The summed E-state index contributed by atoms with van der Waals surface area (Å²) in [4.78, 5) is 14.7. The third-order valence-corrected chi connectivity index (χ3v) is 6.65. The van der Waals surface area contributed by atoms with Crippen molar-refractivity contribution in [3.8, 4) is 11.5 Å². The van der Waals surface area contributed by atoms with Gasteiger partial charge in [0, 0.05) is 18.5 Å². The average Bonchev–Trinajstić information content (AvgIpc) is 3.07. The first-order valence-corrected chi connectivity index (χ1v) is 12.1. The summed E-state index contributed by atoms with van der Waals surface area (Å²) < 4.78 is 12.4. The summed E-state index contributed by atoms with van der Waals surface area (Å²) >= 11 is 6.61. The molecule has 168 valence electrons. The fourth-order valence-corrected chi connectivity index (χ4v) is 4.48. The van der Waals surface area contributed by atoms with Crippen LogP contribution >= 0.6 is 24.0 Å². The number of benzene rings is 2. The lowest BCUT2D eigenvalue weighted by Gasteiger charge is -2.12. The van der Waals surface area contributed by atoms with Crippen LogP contribution in [0.3, 0.4) is 0 Å². The number of nitrogens with zero attached hydrogens (tertiary/aromatic N) is 1. The van der Waals surface area contributed by atoms with Crippen molar-refractivity contribution in [1.82, 2.24) is 4.90 Å². The molecule has 2 aromatic carbocycles. The summed E-state index contributed by atoms with van der Waals surface area (Å²) in [5.41, 5.74) is 2.19. The molecule has 0 bridgehead atoms. The molecule has 1 aliphatic heterocycles. The molecule has 0 saturated carbocycles. The number of hydrogen-bond donors (Lipinski definition) is 0. The third kappa shape index (κ3) is 6.24. The van der Waals surface area contributed by atoms with Gasteiger partial charge in [0.25, 0.3) is 5.91 Å². The molecule has 0 unspecified atom stereocenters. The molecule has 1 saturated heterocycles. The van der Waals surface area contributed by atoms with Crippen LogP contribution in [0.1, 0.15) is 43.7 Å². The number of ether oxygens (including phenoxy) is 2. The van der Waals surface area contributed by atoms with Gasteiger partial charge in [0.1, 0.15) is 15.8 Å². The molecule has 32 heavy (non-hydrogen) atoms. The van der Waals surface area contributed by atoms with Gasteiger partial charge in [-0.15, -0.1) is 6.58 Å². The SMILES string of the molecule is C=CCN1C(=O)/C(=C/c2ccccc2OCCCOc2ccc([C@H](C)CC)cc2)SC1=S. The second kappa shape index (κ2) is 11.9. The van der Waals surface area contributed by atoms with E-state index >= 15 is 0 Å². The van der Waals surface area contributed by atoms with Crippen LogP contribution < -0.4 is 9.47 Å². The second-order valence-electron chi connectivity index (χ2n) is 7.55. The Morgan fingerprint density at radius 3 is 2.56 bits per heavy atom. The highest BCUT2D eigenvalue weighted by atomic mass is 32.2. The van der Waals surface area contributed by atoms with Gasteiger partial charge in [-0.3, -0.25) is 9.69 Å². The van der Waals surface area contributed by atoms with Crippen molar-refractivity contribution in [2.45, 2.75) is 32.6 Å². The normalized spacial score (nSPS) is 15.8. The Bertz CT molecular complexity index is 985. The number of thioether (sulfide) groups is 1. The lowest BCUT2D eigenvalue weighted by atomic mass is 9.99. The van der Waals surface area contributed by atoms with E-state index in [-0.39, 0.29) is 5.91 Å². The smallest absolute Gasteiger partial charge is 0.266 e. The van der Waals surface area contributed by atoms with Crippen LogP contribution in [0.5, 0.6) is 11.5 Å². The predicted octanol–water partition coefficient (Wildman–Crippen LogP) is 6.44. The Morgan fingerprint density at radius 2 is 1.84 bits per heavy atom. The lowest BCUT2D eigenvalue weighted by molar-refractivity contribution is -0.121. The highest BCUT2D eigenvalue weighted by molar-refractivity contribution is 8.26. The first-order valence-electron chi connectivity index (χ1n) is 10.8. The number of thiocarbonyl (C=S) groups is 1. The number of carbonyl (C=O) groups excluding carboxylic acids is 1. The van der Waals surface area contributed by atoms with E-state index in [4.69, 9.17) is 21.7 Å². The molecule has 0 aromatic heterocycles. The molecule has 0 radical (unpaired) electrons. The lowest BCUT2D eigenvalue weighted by Crippen LogP contribution is -2.27. The van der Waals surface area contributed by atoms with Gasteiger partial charge in [0.05, 0.1) is 18.1 Å². The molecule has 2 aromatic rings. The summed E-state index contributed by atoms with van der Waals surface area (Å²) in [6.45, 7) is 9.62. The van der Waals surface area contributed by atoms with Gasteiger partial charge in [-0.05, 0) is 42.2 Å². The maximum atomic E-state index is 12.6. The summed E-state index contributed by atoms with van der Waals surface area (Å²) in [7, 11) is 0. The second-order valence-corrected chi connectivity index (χ2v) is 9.22. The van der Waals surface area contributed by atoms with E-state index in [2.05, 4.69) is 32.6 Å². The third-order valence-electron chi connectivity index (χ3n) is 5.27. The Morgan fingerprint density at radius 1 is 1.12 bits per heavy atom. The number of carbonyl (C=O) groups is 1. The molecule has 1 atom stereocenters. The molecule has 1 heterocycles. The van der Waals surface area contributed by atoms with Crippen LogP contribution in [0.25, 0.3) is 6.08 Å². The average molecular weight is 468 g/mol. The van der Waals surface area contributed by atoms with E-state index in [1.807, 2.05) is 42.5 Å². The molecule has 1 aliphatic rings. The molecule has 3 rings (SSSR count). The zero-order valence-corrected chi connectivity index (χ0v) is 20.2. The van der Waals surface area contributed by atoms with Gasteiger partial charge in [0.2, 0.25) is 0 Å². The van der Waals surface area contributed by atoms with E-state index in [9.17, 15) is 4.79 Å². The standard InChI is InChI=1S/C26H29NO3S2/c1-4-15-27-25(28)24(32-26(27)31)18-21-9-6-7-10-23(21)30-17-8-16-29-22-13-11-20(12-14-22)19(3)5-2/h4,6-7,9-14,18-19H,1,5,8,15-17H2,2-3H3/b24-18-/t19-/m1/s1. The Balaban J connectivity index is 1.52. The summed E-state index contributed by atoms with van der Waals surface area (Å²) in [6, 6.07) is 16.0. The van der Waals surface area contributed by atoms with Crippen molar-refractivity contribution in [2.24, 2.45) is 0 Å². The zero-order chi connectivity index (χ0) is 22.9. The summed E-state index contributed by atoms with van der Waals surface area (Å²) in [5, 5.41) is 0. The van der Waals surface area contributed by atoms with Gasteiger partial charge in [-0.1, -0.05) is 74.2 Å². The van der Waals surface area contributed by atoms with Gasteiger partial charge >= 0.3 is 0 Å². The van der Waals surface area contributed by atoms with Crippen molar-refractivity contribution < 1.29 is 14.3 Å². The van der Waals surface area contributed by atoms with Gasteiger partial charge in [0.15, 0.2) is 0 Å². The van der Waals surface area contributed by atoms with Crippen molar-refractivity contribution >= 4 is 40.3 Å². The Kier molecular flexibility index (Phi) is 8.94. The minimum Gasteiger partial charge on any atom is -0.493 e. The summed E-state index contributed by atoms with van der Waals surface area (Å²) in [5.74, 6) is 2.08. The first-order chi connectivity index (χ1) is 15.5. The van der Waals surface area contributed by atoms with Crippen molar-refractivity contribution in [2.75, 3.05) is 19.8 Å². The summed E-state index contributed by atoms with van der Waals surface area (Å²) in [6.07, 6.45) is 5.39. The molecule has 1 fully saturated rings. The molecule has 0 aliphatic carbocycles. The van der Waals surface area contributed by atoms with Gasteiger partial charge < -0.3 is 9.47 Å². The maximum absolute atomic E-state index is 12.6. The zero-order valence-electron chi connectivity index (χ0n) is 18.6. The van der Waals surface area contributed by atoms with Gasteiger partial charge in [-0.2, -0.15) is 0 Å². The molecular weight excluding hydrogens is 438 g/mol. The molecule has 0 spiro atoms.